The van der Waals surface area contributed by atoms with Crippen molar-refractivity contribution in [2.75, 3.05) is 19.6 Å². The number of nitrogens with one attached hydrogen (secondary N) is 3. The molecule has 0 aliphatic heterocycles. The van der Waals surface area contributed by atoms with Crippen molar-refractivity contribution < 1.29 is 9.59 Å². The summed E-state index contributed by atoms with van der Waals surface area (Å²) in [5.74, 6) is 0.565. The van der Waals surface area contributed by atoms with Gasteiger partial charge in [0.1, 0.15) is 0 Å². The van der Waals surface area contributed by atoms with Crippen molar-refractivity contribution in [2.45, 2.75) is 53.0 Å². The van der Waals surface area contributed by atoms with E-state index in [1.165, 1.54) is 11.1 Å². The number of rotatable bonds is 10. The summed E-state index contributed by atoms with van der Waals surface area (Å²) in [7, 11) is 0. The van der Waals surface area contributed by atoms with E-state index in [4.69, 9.17) is 0 Å². The zero-order valence-corrected chi connectivity index (χ0v) is 16.2. The molecule has 0 saturated carbocycles. The molecule has 5 nitrogen and oxygen atoms in total. The average molecular weight is 348 g/mol. The maximum Gasteiger partial charge on any atom is 0.239 e. The van der Waals surface area contributed by atoms with Crippen LogP contribution in [0.2, 0.25) is 0 Å². The van der Waals surface area contributed by atoms with Crippen LogP contribution >= 0.6 is 0 Å². The Balaban J connectivity index is 2.59. The molecule has 0 bridgehead atoms. The van der Waals surface area contributed by atoms with Crippen LogP contribution in [0.1, 0.15) is 64.1 Å². The van der Waals surface area contributed by atoms with Gasteiger partial charge in [-0.05, 0) is 36.3 Å². The minimum absolute atomic E-state index is 0.0182. The highest BCUT2D eigenvalue weighted by atomic mass is 16.2. The van der Waals surface area contributed by atoms with Gasteiger partial charge < -0.3 is 16.0 Å². The fourth-order valence-electron chi connectivity index (χ4n) is 2.71. The second-order valence-corrected chi connectivity index (χ2v) is 6.81. The molecule has 0 fully saturated rings. The van der Waals surface area contributed by atoms with Gasteiger partial charge in [0.05, 0.1) is 13.1 Å². The van der Waals surface area contributed by atoms with Gasteiger partial charge in [0.25, 0.3) is 0 Å². The lowest BCUT2D eigenvalue weighted by Crippen LogP contribution is -2.42. The van der Waals surface area contributed by atoms with Crippen LogP contribution in [0.15, 0.2) is 24.3 Å². The van der Waals surface area contributed by atoms with Gasteiger partial charge in [-0.25, -0.2) is 0 Å². The van der Waals surface area contributed by atoms with Gasteiger partial charge in [-0.1, -0.05) is 52.0 Å². The second kappa shape index (κ2) is 10.9. The number of hydrogen-bond donors (Lipinski definition) is 3. The largest absolute Gasteiger partial charge is 0.355 e. The quantitative estimate of drug-likeness (QED) is 0.609. The van der Waals surface area contributed by atoms with E-state index in [0.29, 0.717) is 18.4 Å². The Hall–Kier alpha value is -1.88. The first kappa shape index (κ1) is 21.2. The van der Waals surface area contributed by atoms with E-state index in [9.17, 15) is 9.59 Å². The summed E-state index contributed by atoms with van der Waals surface area (Å²) in [4.78, 5) is 23.3. The minimum Gasteiger partial charge on any atom is -0.355 e. The Bertz CT molecular complexity index is 540. The molecule has 5 heteroatoms. The summed E-state index contributed by atoms with van der Waals surface area (Å²) in [6.07, 6.45) is 1.12. The third-order valence-electron chi connectivity index (χ3n) is 4.45. The number of likely N-dealkylation sites (N-methyl/N-ethyl adjacent to an activating group) is 1. The molecule has 25 heavy (non-hydrogen) atoms. The number of benzene rings is 1. The van der Waals surface area contributed by atoms with Crippen molar-refractivity contribution in [1.29, 1.82) is 0 Å². The Labute approximate surface area is 152 Å². The Morgan fingerprint density at radius 3 is 1.96 bits per heavy atom. The smallest absolute Gasteiger partial charge is 0.239 e. The fraction of sp³-hybridized carbons (Fsp3) is 0.600. The summed E-state index contributed by atoms with van der Waals surface area (Å²) in [5, 5.41) is 8.60. The lowest BCUT2D eigenvalue weighted by Gasteiger charge is -2.23. The average Bonchev–Trinajstić information content (AvgIpc) is 2.60. The van der Waals surface area contributed by atoms with Crippen molar-refractivity contribution in [3.05, 3.63) is 35.4 Å². The number of amides is 2. The molecule has 1 aromatic rings. The molecule has 0 aliphatic carbocycles. The number of hydrogen-bond acceptors (Lipinski definition) is 3. The van der Waals surface area contributed by atoms with E-state index in [1.54, 1.807) is 0 Å². The first-order valence-corrected chi connectivity index (χ1v) is 9.25. The van der Waals surface area contributed by atoms with Crippen molar-refractivity contribution in [3.8, 4) is 0 Å². The Kier molecular flexibility index (Phi) is 9.21. The summed E-state index contributed by atoms with van der Waals surface area (Å²) < 4.78 is 0. The summed E-state index contributed by atoms with van der Waals surface area (Å²) in [5.41, 5.74) is 2.52. The molecule has 1 rings (SSSR count). The maximum absolute atomic E-state index is 11.9. The fourth-order valence-corrected chi connectivity index (χ4v) is 2.71. The predicted octanol–water partition coefficient (Wildman–Crippen LogP) is 2.74. The SMILES string of the molecule is CCNC(=O)CNC(=O)CN[C@@H](c1ccc([C@@H](C)CC)cc1)C(C)C. The molecular formula is C20H33N3O2. The first-order chi connectivity index (χ1) is 11.9. The molecule has 0 spiro atoms. The van der Waals surface area contributed by atoms with Gasteiger partial charge in [-0.3, -0.25) is 9.59 Å². The van der Waals surface area contributed by atoms with E-state index in [1.807, 2.05) is 6.92 Å². The lowest BCUT2D eigenvalue weighted by molar-refractivity contribution is -0.125. The zero-order valence-electron chi connectivity index (χ0n) is 16.2. The zero-order chi connectivity index (χ0) is 18.8. The van der Waals surface area contributed by atoms with E-state index < -0.39 is 0 Å². The lowest BCUT2D eigenvalue weighted by atomic mass is 9.92. The molecule has 2 atom stereocenters. The van der Waals surface area contributed by atoms with Crippen LogP contribution in [0.4, 0.5) is 0 Å². The van der Waals surface area contributed by atoms with Crippen LogP contribution in [0.25, 0.3) is 0 Å². The summed E-state index contributed by atoms with van der Waals surface area (Å²) in [6.45, 7) is 11.3. The highest BCUT2D eigenvalue weighted by Gasteiger charge is 2.17. The number of carbonyl (C=O) groups is 2. The standard InChI is InChI=1S/C20H33N3O2/c1-6-15(5)16-8-10-17(11-9-16)20(14(3)4)23-13-19(25)22-12-18(24)21-7-2/h8-11,14-15,20,23H,6-7,12-13H2,1-5H3,(H,21,24)(H,22,25)/t15-,20+/m0/s1. The molecule has 140 valence electrons. The summed E-state index contributed by atoms with van der Waals surface area (Å²) >= 11 is 0. The molecule has 0 aliphatic rings. The van der Waals surface area contributed by atoms with Crippen LogP contribution < -0.4 is 16.0 Å². The minimum atomic E-state index is -0.173. The molecule has 0 saturated heterocycles. The number of carbonyl (C=O) groups excluding carboxylic acids is 2. The molecule has 0 radical (unpaired) electrons. The molecule has 0 heterocycles. The highest BCUT2D eigenvalue weighted by molar-refractivity contribution is 5.85. The van der Waals surface area contributed by atoms with Gasteiger partial charge in [-0.2, -0.15) is 0 Å². The van der Waals surface area contributed by atoms with Gasteiger partial charge in [0.2, 0.25) is 11.8 Å². The predicted molar refractivity (Wildman–Crippen MR) is 102 cm³/mol. The first-order valence-electron chi connectivity index (χ1n) is 9.25. The van der Waals surface area contributed by atoms with Crippen molar-refractivity contribution in [2.24, 2.45) is 5.92 Å². The van der Waals surface area contributed by atoms with Crippen LogP contribution in [0.5, 0.6) is 0 Å². The van der Waals surface area contributed by atoms with Gasteiger partial charge >= 0.3 is 0 Å². The van der Waals surface area contributed by atoms with Crippen molar-refractivity contribution >= 4 is 11.8 Å². The third-order valence-corrected chi connectivity index (χ3v) is 4.45. The molecule has 0 unspecified atom stereocenters. The molecular weight excluding hydrogens is 314 g/mol. The van der Waals surface area contributed by atoms with Crippen LogP contribution in [0, 0.1) is 5.92 Å². The Morgan fingerprint density at radius 1 is 0.880 bits per heavy atom. The maximum atomic E-state index is 11.9. The summed E-state index contributed by atoms with van der Waals surface area (Å²) in [6, 6.07) is 8.74. The molecule has 0 aromatic heterocycles. The van der Waals surface area contributed by atoms with Gasteiger partial charge in [-0.15, -0.1) is 0 Å². The van der Waals surface area contributed by atoms with Crippen molar-refractivity contribution in [1.82, 2.24) is 16.0 Å². The van der Waals surface area contributed by atoms with Gasteiger partial charge in [0, 0.05) is 12.6 Å². The third kappa shape index (κ3) is 7.26. The van der Waals surface area contributed by atoms with Crippen LogP contribution in [0.3, 0.4) is 0 Å². The Morgan fingerprint density at radius 2 is 1.44 bits per heavy atom. The van der Waals surface area contributed by atoms with E-state index in [-0.39, 0.29) is 30.9 Å². The van der Waals surface area contributed by atoms with Crippen LogP contribution in [-0.2, 0) is 9.59 Å². The molecule has 2 amide bonds. The molecule has 3 N–H and O–H groups in total. The molecule has 1 aromatic carbocycles. The topological polar surface area (TPSA) is 70.2 Å². The van der Waals surface area contributed by atoms with Gasteiger partial charge in [0.15, 0.2) is 0 Å². The second-order valence-electron chi connectivity index (χ2n) is 6.81. The van der Waals surface area contributed by atoms with E-state index in [2.05, 4.69) is 67.9 Å². The monoisotopic (exact) mass is 347 g/mol. The highest BCUT2D eigenvalue weighted by Crippen LogP contribution is 2.25. The van der Waals surface area contributed by atoms with E-state index >= 15 is 0 Å². The normalized spacial score (nSPS) is 13.4. The van der Waals surface area contributed by atoms with E-state index in [0.717, 1.165) is 6.42 Å². The van der Waals surface area contributed by atoms with Crippen LogP contribution in [-0.4, -0.2) is 31.4 Å². The van der Waals surface area contributed by atoms with Crippen molar-refractivity contribution in [3.63, 3.8) is 0 Å².